The highest BCUT2D eigenvalue weighted by atomic mass is 35.5. The predicted octanol–water partition coefficient (Wildman–Crippen LogP) is 2.58. The third-order valence-corrected chi connectivity index (χ3v) is 3.99. The van der Waals surface area contributed by atoms with Gasteiger partial charge in [0.1, 0.15) is 15.9 Å². The maximum atomic E-state index is 12.0. The summed E-state index contributed by atoms with van der Waals surface area (Å²) >= 11 is 11.3. The number of halogens is 2. The van der Waals surface area contributed by atoms with Crippen molar-refractivity contribution >= 4 is 39.0 Å². The molecule has 2 rings (SSSR count). The average Bonchev–Trinajstić information content (AvgIpc) is 2.33. The van der Waals surface area contributed by atoms with E-state index < -0.39 is 10.0 Å². The Kier molecular flexibility index (Phi) is 3.70. The lowest BCUT2D eigenvalue weighted by molar-refractivity contribution is 0.600. The molecule has 0 saturated heterocycles. The first-order valence-electron chi connectivity index (χ1n) is 4.74. The molecule has 0 amide bonds. The van der Waals surface area contributed by atoms with Crippen LogP contribution in [0.2, 0.25) is 10.2 Å². The molecule has 1 N–H and O–H groups in total. The standard InChI is InChI=1S/C10H7Cl2N3O2S/c11-8-5-7(6-14-10(8)12)18(16,17)15-9-3-1-2-4-13-9/h1-6H,(H,13,15). The van der Waals surface area contributed by atoms with E-state index in [2.05, 4.69) is 14.7 Å². The van der Waals surface area contributed by atoms with Crippen molar-refractivity contribution in [3.8, 4) is 0 Å². The van der Waals surface area contributed by atoms with Crippen molar-refractivity contribution in [3.05, 3.63) is 46.8 Å². The molecule has 2 aromatic heterocycles. The van der Waals surface area contributed by atoms with E-state index in [-0.39, 0.29) is 20.9 Å². The molecule has 0 radical (unpaired) electrons. The Morgan fingerprint density at radius 1 is 1.17 bits per heavy atom. The molecule has 0 atom stereocenters. The van der Waals surface area contributed by atoms with Crippen LogP contribution in [0.1, 0.15) is 0 Å². The first kappa shape index (κ1) is 13.1. The zero-order valence-electron chi connectivity index (χ0n) is 8.84. The minimum atomic E-state index is -3.77. The average molecular weight is 304 g/mol. The molecule has 0 unspecified atom stereocenters. The summed E-state index contributed by atoms with van der Waals surface area (Å²) in [5, 5.41) is 0.119. The quantitative estimate of drug-likeness (QED) is 0.885. The van der Waals surface area contributed by atoms with Crippen LogP contribution in [0.25, 0.3) is 0 Å². The molecule has 5 nitrogen and oxygen atoms in total. The Labute approximate surface area is 114 Å². The van der Waals surface area contributed by atoms with Gasteiger partial charge in [0, 0.05) is 12.4 Å². The molecule has 0 saturated carbocycles. The van der Waals surface area contributed by atoms with E-state index in [0.29, 0.717) is 0 Å². The lowest BCUT2D eigenvalue weighted by Crippen LogP contribution is -2.14. The van der Waals surface area contributed by atoms with E-state index in [1.807, 2.05) is 0 Å². The zero-order valence-corrected chi connectivity index (χ0v) is 11.2. The number of hydrogen-bond donors (Lipinski definition) is 1. The van der Waals surface area contributed by atoms with Gasteiger partial charge in [-0.2, -0.15) is 0 Å². The van der Waals surface area contributed by atoms with Crippen molar-refractivity contribution in [3.63, 3.8) is 0 Å². The summed E-state index contributed by atoms with van der Waals surface area (Å²) < 4.78 is 26.2. The van der Waals surface area contributed by atoms with Crippen molar-refractivity contribution < 1.29 is 8.42 Å². The molecule has 2 aromatic rings. The van der Waals surface area contributed by atoms with Crippen molar-refractivity contribution in [1.29, 1.82) is 0 Å². The second-order valence-corrected chi connectivity index (χ2v) is 5.71. The van der Waals surface area contributed by atoms with E-state index in [9.17, 15) is 8.42 Å². The number of rotatable bonds is 3. The number of sulfonamides is 1. The van der Waals surface area contributed by atoms with Crippen molar-refractivity contribution in [2.24, 2.45) is 0 Å². The van der Waals surface area contributed by atoms with E-state index in [1.54, 1.807) is 12.1 Å². The van der Waals surface area contributed by atoms with Gasteiger partial charge in [-0.15, -0.1) is 0 Å². The molecule has 0 aromatic carbocycles. The fraction of sp³-hybridized carbons (Fsp3) is 0. The Bertz CT molecular complexity index is 662. The zero-order chi connectivity index (χ0) is 13.2. The van der Waals surface area contributed by atoms with Crippen LogP contribution >= 0.6 is 23.2 Å². The second kappa shape index (κ2) is 5.09. The first-order valence-corrected chi connectivity index (χ1v) is 6.98. The number of nitrogens with zero attached hydrogens (tertiary/aromatic N) is 2. The van der Waals surface area contributed by atoms with E-state index in [4.69, 9.17) is 23.2 Å². The summed E-state index contributed by atoms with van der Waals surface area (Å²) in [5.74, 6) is 0.212. The third-order valence-electron chi connectivity index (χ3n) is 1.99. The van der Waals surface area contributed by atoms with Gasteiger partial charge in [0.15, 0.2) is 0 Å². The predicted molar refractivity (Wildman–Crippen MR) is 69.3 cm³/mol. The van der Waals surface area contributed by atoms with Gasteiger partial charge in [-0.3, -0.25) is 4.72 Å². The molecule has 0 spiro atoms. The van der Waals surface area contributed by atoms with Gasteiger partial charge in [0.05, 0.1) is 5.02 Å². The Balaban J connectivity index is 2.34. The van der Waals surface area contributed by atoms with Gasteiger partial charge < -0.3 is 0 Å². The molecular weight excluding hydrogens is 297 g/mol. The maximum Gasteiger partial charge on any atom is 0.264 e. The second-order valence-electron chi connectivity index (χ2n) is 3.26. The number of pyridine rings is 2. The highest BCUT2D eigenvalue weighted by molar-refractivity contribution is 7.92. The molecular formula is C10H7Cl2N3O2S. The molecule has 0 aliphatic rings. The molecule has 2 heterocycles. The van der Waals surface area contributed by atoms with E-state index >= 15 is 0 Å². The van der Waals surface area contributed by atoms with E-state index in [0.717, 1.165) is 6.20 Å². The number of nitrogens with one attached hydrogen (secondary N) is 1. The summed E-state index contributed by atoms with van der Waals surface area (Å²) in [6.07, 6.45) is 2.60. The van der Waals surface area contributed by atoms with Gasteiger partial charge in [-0.1, -0.05) is 29.3 Å². The number of anilines is 1. The summed E-state index contributed by atoms with van der Waals surface area (Å²) in [6.45, 7) is 0. The van der Waals surface area contributed by atoms with Gasteiger partial charge in [0.25, 0.3) is 10.0 Å². The van der Waals surface area contributed by atoms with Gasteiger partial charge >= 0.3 is 0 Å². The molecule has 18 heavy (non-hydrogen) atoms. The Morgan fingerprint density at radius 3 is 2.56 bits per heavy atom. The Morgan fingerprint density at radius 2 is 1.94 bits per heavy atom. The normalized spacial score (nSPS) is 11.2. The summed E-state index contributed by atoms with van der Waals surface area (Å²) in [4.78, 5) is 7.46. The SMILES string of the molecule is O=S(=O)(Nc1ccccn1)c1cnc(Cl)c(Cl)c1. The van der Waals surface area contributed by atoms with Crippen LogP contribution in [-0.2, 0) is 10.0 Å². The number of aromatic nitrogens is 2. The minimum Gasteiger partial charge on any atom is -0.263 e. The topological polar surface area (TPSA) is 72.0 Å². The molecule has 0 aliphatic carbocycles. The first-order chi connectivity index (χ1) is 8.49. The largest absolute Gasteiger partial charge is 0.264 e. The summed E-state index contributed by atoms with van der Waals surface area (Å²) in [7, 11) is -3.77. The van der Waals surface area contributed by atoms with Crippen molar-refractivity contribution in [1.82, 2.24) is 9.97 Å². The van der Waals surface area contributed by atoms with Crippen molar-refractivity contribution in [2.75, 3.05) is 4.72 Å². The van der Waals surface area contributed by atoms with Crippen LogP contribution in [0.3, 0.4) is 0 Å². The highest BCUT2D eigenvalue weighted by Gasteiger charge is 2.16. The summed E-state index contributed by atoms with van der Waals surface area (Å²) in [5.41, 5.74) is 0. The van der Waals surface area contributed by atoms with Crippen LogP contribution in [0.5, 0.6) is 0 Å². The van der Waals surface area contributed by atoms with E-state index in [1.165, 1.54) is 18.3 Å². The third kappa shape index (κ3) is 2.90. The highest BCUT2D eigenvalue weighted by Crippen LogP contribution is 2.23. The summed E-state index contributed by atoms with van der Waals surface area (Å²) in [6, 6.07) is 6.10. The monoisotopic (exact) mass is 303 g/mol. The fourth-order valence-corrected chi connectivity index (χ4v) is 2.48. The lowest BCUT2D eigenvalue weighted by atomic mass is 10.5. The molecule has 8 heteroatoms. The van der Waals surface area contributed by atoms with Gasteiger partial charge in [0.2, 0.25) is 0 Å². The number of hydrogen-bond acceptors (Lipinski definition) is 4. The van der Waals surface area contributed by atoms with Crippen LogP contribution < -0.4 is 4.72 Å². The smallest absolute Gasteiger partial charge is 0.263 e. The van der Waals surface area contributed by atoms with Crippen molar-refractivity contribution in [2.45, 2.75) is 4.90 Å². The van der Waals surface area contributed by atoms with Crippen LogP contribution in [0.4, 0.5) is 5.82 Å². The molecule has 94 valence electrons. The maximum absolute atomic E-state index is 12.0. The lowest BCUT2D eigenvalue weighted by Gasteiger charge is -2.07. The van der Waals surface area contributed by atoms with Gasteiger partial charge in [-0.25, -0.2) is 18.4 Å². The molecule has 0 aliphatic heterocycles. The van der Waals surface area contributed by atoms with Gasteiger partial charge in [-0.05, 0) is 18.2 Å². The minimum absolute atomic E-state index is 0.0495. The van der Waals surface area contributed by atoms with Crippen LogP contribution in [0, 0.1) is 0 Å². The molecule has 0 bridgehead atoms. The fourth-order valence-electron chi connectivity index (χ4n) is 1.17. The van der Waals surface area contributed by atoms with Crippen LogP contribution in [-0.4, -0.2) is 18.4 Å². The molecule has 0 fully saturated rings. The Hall–Kier alpha value is -1.37. The van der Waals surface area contributed by atoms with Crippen LogP contribution in [0.15, 0.2) is 41.6 Å².